The van der Waals surface area contributed by atoms with E-state index in [4.69, 9.17) is 4.74 Å². The van der Waals surface area contributed by atoms with Gasteiger partial charge in [-0.15, -0.1) is 11.8 Å². The number of nitrogens with one attached hydrogen (secondary N) is 2. The highest BCUT2D eigenvalue weighted by atomic mass is 32.2. The molecule has 2 N–H and O–H groups in total. The van der Waals surface area contributed by atoms with Gasteiger partial charge < -0.3 is 10.1 Å². The van der Waals surface area contributed by atoms with Gasteiger partial charge in [0.2, 0.25) is 5.91 Å². The highest BCUT2D eigenvalue weighted by Gasteiger charge is 2.23. The molecule has 0 spiro atoms. The van der Waals surface area contributed by atoms with E-state index in [2.05, 4.69) is 10.6 Å². The van der Waals surface area contributed by atoms with E-state index in [1.54, 1.807) is 6.92 Å². The van der Waals surface area contributed by atoms with Gasteiger partial charge in [-0.3, -0.25) is 14.9 Å². The SMILES string of the molecule is CCOC(=O)CSCC(=O)NC(=O)NC1CC1. The zero-order valence-corrected chi connectivity index (χ0v) is 10.5. The molecular weight excluding hydrogens is 244 g/mol. The second-order valence-electron chi connectivity index (χ2n) is 3.59. The van der Waals surface area contributed by atoms with Gasteiger partial charge in [-0.25, -0.2) is 4.79 Å². The fourth-order valence-corrected chi connectivity index (χ4v) is 1.65. The summed E-state index contributed by atoms with van der Waals surface area (Å²) in [5.41, 5.74) is 0. The minimum absolute atomic E-state index is 0.0664. The number of amides is 3. The smallest absolute Gasteiger partial charge is 0.321 e. The Morgan fingerprint density at radius 1 is 1.29 bits per heavy atom. The van der Waals surface area contributed by atoms with Crippen molar-refractivity contribution in [3.05, 3.63) is 0 Å². The van der Waals surface area contributed by atoms with Crippen LogP contribution in [-0.4, -0.2) is 42.1 Å². The van der Waals surface area contributed by atoms with E-state index in [1.807, 2.05) is 0 Å². The first-order valence-corrected chi connectivity index (χ1v) is 6.61. The van der Waals surface area contributed by atoms with Crippen LogP contribution in [0.2, 0.25) is 0 Å². The van der Waals surface area contributed by atoms with E-state index in [0.29, 0.717) is 6.61 Å². The number of urea groups is 1. The van der Waals surface area contributed by atoms with Crippen molar-refractivity contribution < 1.29 is 19.1 Å². The van der Waals surface area contributed by atoms with Crippen molar-refractivity contribution in [1.82, 2.24) is 10.6 Å². The molecule has 0 saturated heterocycles. The molecule has 0 radical (unpaired) electrons. The van der Waals surface area contributed by atoms with Gasteiger partial charge in [0, 0.05) is 6.04 Å². The van der Waals surface area contributed by atoms with E-state index < -0.39 is 11.9 Å². The van der Waals surface area contributed by atoms with Crippen molar-refractivity contribution in [3.8, 4) is 0 Å². The van der Waals surface area contributed by atoms with E-state index in [1.165, 1.54) is 0 Å². The molecule has 0 atom stereocenters. The molecule has 0 aliphatic heterocycles. The summed E-state index contributed by atoms with van der Waals surface area (Å²) in [6.45, 7) is 2.05. The summed E-state index contributed by atoms with van der Waals surface area (Å²) in [6, 6.07) is -0.246. The van der Waals surface area contributed by atoms with Gasteiger partial charge in [0.15, 0.2) is 0 Å². The third kappa shape index (κ3) is 6.83. The van der Waals surface area contributed by atoms with Crippen molar-refractivity contribution in [3.63, 3.8) is 0 Å². The largest absolute Gasteiger partial charge is 0.465 e. The first-order valence-electron chi connectivity index (χ1n) is 5.45. The summed E-state index contributed by atoms with van der Waals surface area (Å²) in [7, 11) is 0. The Kier molecular flexibility index (Phi) is 5.82. The maximum absolute atomic E-state index is 11.2. The number of carbonyl (C=O) groups is 3. The van der Waals surface area contributed by atoms with Crippen molar-refractivity contribution in [2.24, 2.45) is 0 Å². The molecule has 1 fully saturated rings. The molecular formula is C10H16N2O4S. The lowest BCUT2D eigenvalue weighted by Crippen LogP contribution is -2.41. The summed E-state index contributed by atoms with van der Waals surface area (Å²) in [5.74, 6) is -0.576. The van der Waals surface area contributed by atoms with Gasteiger partial charge in [0.05, 0.1) is 18.1 Å². The van der Waals surface area contributed by atoms with Gasteiger partial charge in [-0.05, 0) is 19.8 Å². The van der Waals surface area contributed by atoms with Crippen LogP contribution in [0.4, 0.5) is 4.79 Å². The fourth-order valence-electron chi connectivity index (χ4n) is 1.04. The van der Waals surface area contributed by atoms with Crippen LogP contribution >= 0.6 is 11.8 Å². The maximum Gasteiger partial charge on any atom is 0.321 e. The van der Waals surface area contributed by atoms with Gasteiger partial charge in [-0.1, -0.05) is 0 Å². The highest BCUT2D eigenvalue weighted by molar-refractivity contribution is 8.00. The summed E-state index contributed by atoms with van der Waals surface area (Å²) in [4.78, 5) is 33.4. The third-order valence-electron chi connectivity index (χ3n) is 1.92. The van der Waals surface area contributed by atoms with Crippen LogP contribution in [0.25, 0.3) is 0 Å². The second-order valence-corrected chi connectivity index (χ2v) is 4.58. The van der Waals surface area contributed by atoms with Gasteiger partial charge in [0.1, 0.15) is 0 Å². The average molecular weight is 260 g/mol. The standard InChI is InChI=1S/C10H16N2O4S/c1-2-16-9(14)6-17-5-8(13)12-10(15)11-7-3-4-7/h7H,2-6H2,1H3,(H2,11,12,13,15). The molecule has 0 unspecified atom stereocenters. The number of hydrogen-bond donors (Lipinski definition) is 2. The van der Waals surface area contributed by atoms with Crippen LogP contribution in [0.5, 0.6) is 0 Å². The minimum Gasteiger partial charge on any atom is -0.465 e. The van der Waals surface area contributed by atoms with Gasteiger partial charge >= 0.3 is 12.0 Å². The van der Waals surface area contributed by atoms with Crippen LogP contribution in [0.3, 0.4) is 0 Å². The lowest BCUT2D eigenvalue weighted by Gasteiger charge is -2.05. The maximum atomic E-state index is 11.2. The molecule has 0 bridgehead atoms. The summed E-state index contributed by atoms with van der Waals surface area (Å²) in [5, 5.41) is 4.83. The molecule has 1 aliphatic rings. The van der Waals surface area contributed by atoms with Crippen molar-refractivity contribution in [1.29, 1.82) is 0 Å². The number of rotatable bonds is 6. The topological polar surface area (TPSA) is 84.5 Å². The number of ether oxygens (including phenoxy) is 1. The van der Waals surface area contributed by atoms with Gasteiger partial charge in [0.25, 0.3) is 0 Å². The normalized spacial score (nSPS) is 13.9. The van der Waals surface area contributed by atoms with E-state index in [-0.39, 0.29) is 23.5 Å². The Morgan fingerprint density at radius 3 is 2.59 bits per heavy atom. The minimum atomic E-state index is -0.464. The second kappa shape index (κ2) is 7.16. The fraction of sp³-hybridized carbons (Fsp3) is 0.700. The Balaban J connectivity index is 2.03. The van der Waals surface area contributed by atoms with E-state index in [0.717, 1.165) is 24.6 Å². The molecule has 0 aromatic rings. The Labute approximate surface area is 104 Å². The molecule has 0 aromatic heterocycles. The third-order valence-corrected chi connectivity index (χ3v) is 2.83. The molecule has 7 heteroatoms. The summed E-state index contributed by atoms with van der Waals surface area (Å²) < 4.78 is 4.69. The number of imide groups is 1. The Bertz CT molecular complexity index is 305. The predicted molar refractivity (Wildman–Crippen MR) is 63.7 cm³/mol. The number of thioether (sulfide) groups is 1. The van der Waals surface area contributed by atoms with Crippen molar-refractivity contribution in [2.45, 2.75) is 25.8 Å². The number of hydrogen-bond acceptors (Lipinski definition) is 5. The lowest BCUT2D eigenvalue weighted by molar-refractivity contribution is -0.139. The quantitative estimate of drug-likeness (QED) is 0.670. The molecule has 6 nitrogen and oxygen atoms in total. The van der Waals surface area contributed by atoms with Crippen LogP contribution in [-0.2, 0) is 14.3 Å². The predicted octanol–water partition coefficient (Wildman–Crippen LogP) is 0.271. The average Bonchev–Trinajstić information content (AvgIpc) is 3.01. The molecule has 17 heavy (non-hydrogen) atoms. The molecule has 1 aliphatic carbocycles. The number of carbonyl (C=O) groups excluding carboxylic acids is 3. The Morgan fingerprint density at radius 2 is 2.00 bits per heavy atom. The van der Waals surface area contributed by atoms with Crippen LogP contribution < -0.4 is 10.6 Å². The van der Waals surface area contributed by atoms with E-state index in [9.17, 15) is 14.4 Å². The van der Waals surface area contributed by atoms with Gasteiger partial charge in [-0.2, -0.15) is 0 Å². The van der Waals surface area contributed by atoms with Crippen LogP contribution in [0, 0.1) is 0 Å². The van der Waals surface area contributed by atoms with E-state index >= 15 is 0 Å². The zero-order chi connectivity index (χ0) is 12.7. The monoisotopic (exact) mass is 260 g/mol. The zero-order valence-electron chi connectivity index (χ0n) is 9.65. The van der Waals surface area contributed by atoms with Crippen molar-refractivity contribution in [2.75, 3.05) is 18.1 Å². The molecule has 3 amide bonds. The first-order chi connectivity index (χ1) is 8.11. The molecule has 96 valence electrons. The van der Waals surface area contributed by atoms with Crippen LogP contribution in [0.15, 0.2) is 0 Å². The lowest BCUT2D eigenvalue weighted by atomic mass is 10.6. The molecule has 1 saturated carbocycles. The Hall–Kier alpha value is -1.24. The highest BCUT2D eigenvalue weighted by Crippen LogP contribution is 2.18. The summed E-state index contributed by atoms with van der Waals surface area (Å²) in [6.07, 6.45) is 1.94. The van der Waals surface area contributed by atoms with Crippen LogP contribution in [0.1, 0.15) is 19.8 Å². The molecule has 0 heterocycles. The first kappa shape index (κ1) is 13.8. The summed E-state index contributed by atoms with van der Waals surface area (Å²) >= 11 is 1.12. The molecule has 1 rings (SSSR count). The molecule has 0 aromatic carbocycles. The number of esters is 1. The van der Waals surface area contributed by atoms with Crippen molar-refractivity contribution >= 4 is 29.7 Å².